The van der Waals surface area contributed by atoms with Crippen molar-refractivity contribution in [2.24, 2.45) is 0 Å². The Bertz CT molecular complexity index is 992. The zero-order valence-electron chi connectivity index (χ0n) is 17.4. The molecule has 162 valence electrons. The van der Waals surface area contributed by atoms with Crippen molar-refractivity contribution >= 4 is 34.6 Å². The van der Waals surface area contributed by atoms with Crippen LogP contribution in [0.4, 0.5) is 4.79 Å². The number of carbonyl (C=O) groups excluding carboxylic acids is 1. The molecular formula is C20H24ClN3O6. The first-order valence-electron chi connectivity index (χ1n) is 9.33. The van der Waals surface area contributed by atoms with E-state index in [0.717, 1.165) is 0 Å². The highest BCUT2D eigenvalue weighted by molar-refractivity contribution is 6.34. The van der Waals surface area contributed by atoms with Crippen LogP contribution >= 0.6 is 11.6 Å². The van der Waals surface area contributed by atoms with Gasteiger partial charge in [0, 0.05) is 17.9 Å². The first-order chi connectivity index (χ1) is 13.9. The Labute approximate surface area is 178 Å². The Morgan fingerprint density at radius 1 is 1.27 bits per heavy atom. The lowest BCUT2D eigenvalue weighted by Crippen LogP contribution is -2.52. The number of hydrogen-bond acceptors (Lipinski definition) is 7. The number of methoxy groups -OCH3 is 1. The molecule has 1 aromatic heterocycles. The monoisotopic (exact) mass is 437 g/mol. The van der Waals surface area contributed by atoms with Crippen LogP contribution in [-0.2, 0) is 9.53 Å². The fraction of sp³-hybridized carbons (Fsp3) is 0.500. The second-order valence-corrected chi connectivity index (χ2v) is 8.66. The summed E-state index contributed by atoms with van der Waals surface area (Å²) in [6, 6.07) is 3.31. The largest absolute Gasteiger partial charge is 0.493 e. The predicted octanol–water partition coefficient (Wildman–Crippen LogP) is 3.52. The zero-order chi connectivity index (χ0) is 22.3. The van der Waals surface area contributed by atoms with Gasteiger partial charge in [0.1, 0.15) is 28.7 Å². The van der Waals surface area contributed by atoms with Crippen LogP contribution in [0.1, 0.15) is 34.1 Å². The molecule has 0 saturated carbocycles. The second-order valence-electron chi connectivity index (χ2n) is 8.30. The summed E-state index contributed by atoms with van der Waals surface area (Å²) in [7, 11) is 1.49. The SMILES string of the molecule is COc1cc2ncnc(Cl)c2cc1O[C@@H]1CN(C(=O)OC(C)(C)C)[C@](C)(C(=O)O)C1. The van der Waals surface area contributed by atoms with Gasteiger partial charge in [0.15, 0.2) is 11.5 Å². The molecule has 1 fully saturated rings. The number of hydrogen-bond donors (Lipinski definition) is 1. The van der Waals surface area contributed by atoms with Crippen molar-refractivity contribution in [1.29, 1.82) is 0 Å². The van der Waals surface area contributed by atoms with Gasteiger partial charge >= 0.3 is 12.1 Å². The van der Waals surface area contributed by atoms with Gasteiger partial charge in [-0.3, -0.25) is 4.90 Å². The predicted molar refractivity (Wildman–Crippen MR) is 109 cm³/mol. The molecule has 0 aliphatic carbocycles. The lowest BCUT2D eigenvalue weighted by molar-refractivity contribution is -0.148. The van der Waals surface area contributed by atoms with Crippen LogP contribution in [0.25, 0.3) is 10.9 Å². The van der Waals surface area contributed by atoms with E-state index in [0.29, 0.717) is 22.4 Å². The van der Waals surface area contributed by atoms with E-state index in [1.807, 2.05) is 0 Å². The molecule has 3 rings (SSSR count). The van der Waals surface area contributed by atoms with Gasteiger partial charge in [0.05, 0.1) is 19.2 Å². The van der Waals surface area contributed by atoms with Crippen molar-refractivity contribution in [2.45, 2.75) is 51.4 Å². The summed E-state index contributed by atoms with van der Waals surface area (Å²) >= 11 is 6.16. The molecule has 1 aliphatic heterocycles. The summed E-state index contributed by atoms with van der Waals surface area (Å²) in [5.41, 5.74) is -1.65. The number of aromatic nitrogens is 2. The normalized spacial score (nSPS) is 21.5. The number of amides is 1. The molecule has 0 spiro atoms. The number of halogens is 1. The van der Waals surface area contributed by atoms with E-state index < -0.39 is 29.3 Å². The average molecular weight is 438 g/mol. The van der Waals surface area contributed by atoms with Crippen LogP contribution in [-0.4, -0.2) is 62.9 Å². The maximum absolute atomic E-state index is 12.6. The number of nitrogens with zero attached hydrogens (tertiary/aromatic N) is 3. The van der Waals surface area contributed by atoms with Crippen molar-refractivity contribution in [1.82, 2.24) is 14.9 Å². The van der Waals surface area contributed by atoms with E-state index in [1.165, 1.54) is 25.3 Å². The minimum atomic E-state index is -1.47. The quantitative estimate of drug-likeness (QED) is 0.723. The van der Waals surface area contributed by atoms with Gasteiger partial charge in [-0.15, -0.1) is 0 Å². The number of carbonyl (C=O) groups is 2. The van der Waals surface area contributed by atoms with Gasteiger partial charge in [-0.25, -0.2) is 19.6 Å². The number of rotatable bonds is 4. The lowest BCUT2D eigenvalue weighted by atomic mass is 9.98. The summed E-state index contributed by atoms with van der Waals surface area (Å²) in [6.07, 6.45) is 0.106. The van der Waals surface area contributed by atoms with Crippen LogP contribution in [0.3, 0.4) is 0 Å². The fourth-order valence-corrected chi connectivity index (χ4v) is 3.56. The molecule has 1 amide bonds. The molecule has 9 nitrogen and oxygen atoms in total. The molecular weight excluding hydrogens is 414 g/mol. The maximum atomic E-state index is 12.6. The zero-order valence-corrected chi connectivity index (χ0v) is 18.2. The van der Waals surface area contributed by atoms with Crippen LogP contribution < -0.4 is 9.47 Å². The standard InChI is InChI=1S/C20H24ClN3O6/c1-19(2,3)30-18(27)24-9-11(8-20(24,4)17(25)26)29-15-6-12-13(7-14(15)28-5)22-10-23-16(12)21/h6-7,10-11H,8-9H2,1-5H3,(H,25,26)/t11-,20-/m0/s1. The molecule has 2 heterocycles. The highest BCUT2D eigenvalue weighted by Crippen LogP contribution is 2.38. The Morgan fingerprint density at radius 2 is 1.97 bits per heavy atom. The highest BCUT2D eigenvalue weighted by Gasteiger charge is 2.52. The highest BCUT2D eigenvalue weighted by atomic mass is 35.5. The fourth-order valence-electron chi connectivity index (χ4n) is 3.36. The van der Waals surface area contributed by atoms with Crippen molar-refractivity contribution in [3.8, 4) is 11.5 Å². The number of carboxylic acids is 1. The summed E-state index contributed by atoms with van der Waals surface area (Å²) in [4.78, 5) is 33.9. The van der Waals surface area contributed by atoms with E-state index in [2.05, 4.69) is 9.97 Å². The summed E-state index contributed by atoms with van der Waals surface area (Å²) in [6.45, 7) is 6.68. The van der Waals surface area contributed by atoms with Crippen molar-refractivity contribution in [3.05, 3.63) is 23.6 Å². The average Bonchev–Trinajstić information content (AvgIpc) is 2.98. The Morgan fingerprint density at radius 3 is 2.57 bits per heavy atom. The molecule has 1 aromatic carbocycles. The first kappa shape index (κ1) is 21.9. The van der Waals surface area contributed by atoms with E-state index in [4.69, 9.17) is 25.8 Å². The summed E-state index contributed by atoms with van der Waals surface area (Å²) in [5, 5.41) is 10.6. The number of carboxylic acid groups (broad SMARTS) is 1. The van der Waals surface area contributed by atoms with Gasteiger partial charge in [-0.05, 0) is 33.8 Å². The van der Waals surface area contributed by atoms with Gasteiger partial charge < -0.3 is 19.3 Å². The van der Waals surface area contributed by atoms with Gasteiger partial charge in [-0.1, -0.05) is 11.6 Å². The molecule has 1 aliphatic rings. The smallest absolute Gasteiger partial charge is 0.411 e. The molecule has 10 heteroatoms. The first-order valence-corrected chi connectivity index (χ1v) is 9.71. The van der Waals surface area contributed by atoms with Crippen LogP contribution in [0.15, 0.2) is 18.5 Å². The Hall–Kier alpha value is -2.81. The van der Waals surface area contributed by atoms with E-state index >= 15 is 0 Å². The maximum Gasteiger partial charge on any atom is 0.411 e. The van der Waals surface area contributed by atoms with Crippen molar-refractivity contribution < 1.29 is 28.9 Å². The molecule has 0 unspecified atom stereocenters. The third-order valence-corrected chi connectivity index (χ3v) is 5.15. The number of likely N-dealkylation sites (tertiary alicyclic amines) is 1. The Kier molecular flexibility index (Phi) is 5.68. The van der Waals surface area contributed by atoms with E-state index in [1.54, 1.807) is 32.9 Å². The number of benzene rings is 1. The van der Waals surface area contributed by atoms with E-state index in [9.17, 15) is 14.7 Å². The molecule has 30 heavy (non-hydrogen) atoms. The number of aliphatic carboxylic acids is 1. The molecule has 1 N–H and O–H groups in total. The van der Waals surface area contributed by atoms with E-state index in [-0.39, 0.29) is 18.1 Å². The van der Waals surface area contributed by atoms with Crippen molar-refractivity contribution in [3.63, 3.8) is 0 Å². The Balaban J connectivity index is 1.91. The number of ether oxygens (including phenoxy) is 3. The lowest BCUT2D eigenvalue weighted by Gasteiger charge is -2.32. The van der Waals surface area contributed by atoms with Gasteiger partial charge in [0.25, 0.3) is 0 Å². The summed E-state index contributed by atoms with van der Waals surface area (Å²) in [5.74, 6) is -0.378. The van der Waals surface area contributed by atoms with Gasteiger partial charge in [0.2, 0.25) is 0 Å². The van der Waals surface area contributed by atoms with Crippen molar-refractivity contribution in [2.75, 3.05) is 13.7 Å². The molecule has 0 bridgehead atoms. The third-order valence-electron chi connectivity index (χ3n) is 4.85. The molecule has 1 saturated heterocycles. The third kappa shape index (κ3) is 4.21. The van der Waals surface area contributed by atoms with Crippen LogP contribution in [0, 0.1) is 0 Å². The molecule has 2 aromatic rings. The second kappa shape index (κ2) is 7.79. The molecule has 2 atom stereocenters. The van der Waals surface area contributed by atoms with Crippen LogP contribution in [0.5, 0.6) is 11.5 Å². The van der Waals surface area contributed by atoms with Crippen LogP contribution in [0.2, 0.25) is 5.15 Å². The topological polar surface area (TPSA) is 111 Å². The number of fused-ring (bicyclic) bond motifs is 1. The minimum absolute atomic E-state index is 0.0396. The minimum Gasteiger partial charge on any atom is -0.493 e. The van der Waals surface area contributed by atoms with Gasteiger partial charge in [-0.2, -0.15) is 0 Å². The molecule has 0 radical (unpaired) electrons. The summed E-state index contributed by atoms with van der Waals surface area (Å²) < 4.78 is 16.9.